The van der Waals surface area contributed by atoms with Crippen LogP contribution in [0.3, 0.4) is 0 Å². The van der Waals surface area contributed by atoms with Crippen LogP contribution in [0.15, 0.2) is 0 Å². The van der Waals surface area contributed by atoms with Gasteiger partial charge in [-0.3, -0.25) is 0 Å². The molecule has 0 heterocycles. The molecule has 0 amide bonds. The molecular weight excluding hydrogens is 108 g/mol. The number of hydrogen-bond acceptors (Lipinski definition) is 1. The Labute approximate surface area is 41.4 Å². The molecule has 0 atom stereocenters. The molecule has 0 saturated carbocycles. The van der Waals surface area contributed by atoms with E-state index in [1.54, 1.807) is 0 Å². The summed E-state index contributed by atoms with van der Waals surface area (Å²) in [4.78, 5) is 0. The average Bonchev–Trinajstić information content (AvgIpc) is 1.35. The average molecular weight is 118 g/mol. The minimum absolute atomic E-state index is 0.451. The van der Waals surface area contributed by atoms with Crippen LogP contribution in [-0.2, 0) is 4.46 Å². The molecule has 0 saturated heterocycles. The van der Waals surface area contributed by atoms with Gasteiger partial charge in [0.15, 0.2) is 0 Å². The zero-order valence-electron chi connectivity index (χ0n) is 4.49. The predicted molar refractivity (Wildman–Crippen MR) is 31.2 cm³/mol. The SMILES string of the molecule is C[Si](C)(C)[SiH]=O. The van der Waals surface area contributed by atoms with E-state index >= 15 is 0 Å². The molecule has 0 aliphatic rings. The zero-order chi connectivity index (χ0) is 5.21. The zero-order valence-corrected chi connectivity index (χ0v) is 6.64. The molecule has 0 radical (unpaired) electrons. The lowest BCUT2D eigenvalue weighted by Gasteiger charge is -1.98. The first kappa shape index (κ1) is 6.23. The van der Waals surface area contributed by atoms with Crippen LogP contribution >= 0.6 is 0 Å². The fraction of sp³-hybridized carbons (Fsp3) is 1.00. The van der Waals surface area contributed by atoms with E-state index in [1.165, 1.54) is 0 Å². The van der Waals surface area contributed by atoms with Gasteiger partial charge in [-0.1, -0.05) is 19.6 Å². The summed E-state index contributed by atoms with van der Waals surface area (Å²) in [5.74, 6) is 0. The maximum Gasteiger partial charge on any atom is 0.240 e. The maximum absolute atomic E-state index is 10.1. The summed E-state index contributed by atoms with van der Waals surface area (Å²) in [5.41, 5.74) is 0. The second-order valence-corrected chi connectivity index (χ2v) is 13.4. The van der Waals surface area contributed by atoms with Crippen LogP contribution in [0.25, 0.3) is 0 Å². The van der Waals surface area contributed by atoms with Crippen molar-refractivity contribution >= 4 is 16.5 Å². The van der Waals surface area contributed by atoms with Gasteiger partial charge in [0.2, 0.25) is 8.92 Å². The summed E-state index contributed by atoms with van der Waals surface area (Å²) in [5, 5.41) is 0. The molecule has 6 heavy (non-hydrogen) atoms. The summed E-state index contributed by atoms with van der Waals surface area (Å²) in [6.45, 7) is 6.32. The molecule has 0 rings (SSSR count). The molecule has 1 nitrogen and oxygen atoms in total. The van der Waals surface area contributed by atoms with E-state index in [0.29, 0.717) is 0 Å². The first-order valence-electron chi connectivity index (χ1n) is 2.02. The van der Waals surface area contributed by atoms with Crippen LogP contribution < -0.4 is 0 Å². The Hall–Kier alpha value is 0.234. The molecule has 0 aromatic heterocycles. The van der Waals surface area contributed by atoms with Crippen molar-refractivity contribution in [1.82, 2.24) is 0 Å². The Morgan fingerprint density at radius 3 is 1.50 bits per heavy atom. The van der Waals surface area contributed by atoms with E-state index in [-0.39, 0.29) is 0 Å². The van der Waals surface area contributed by atoms with Crippen LogP contribution in [0.5, 0.6) is 0 Å². The fourth-order valence-electron chi connectivity index (χ4n) is 0. The number of rotatable bonds is 1. The lowest BCUT2D eigenvalue weighted by Crippen LogP contribution is -2.23. The van der Waals surface area contributed by atoms with E-state index in [2.05, 4.69) is 19.6 Å². The third-order valence-electron chi connectivity index (χ3n) is 0.354. The van der Waals surface area contributed by atoms with Crippen LogP contribution in [0, 0.1) is 0 Å². The van der Waals surface area contributed by atoms with Crippen molar-refractivity contribution in [2.45, 2.75) is 19.6 Å². The van der Waals surface area contributed by atoms with Crippen molar-refractivity contribution in [3.8, 4) is 0 Å². The largest absolute Gasteiger partial charge is 0.396 e. The molecule has 0 aliphatic heterocycles. The third kappa shape index (κ3) is 4.23. The summed E-state index contributed by atoms with van der Waals surface area (Å²) >= 11 is 0. The standard InChI is InChI=1S/C3H10OSi2/c1-6(2,3)5-4/h5H,1-3H3. The van der Waals surface area contributed by atoms with Gasteiger partial charge >= 0.3 is 0 Å². The van der Waals surface area contributed by atoms with Crippen LogP contribution in [-0.4, -0.2) is 16.5 Å². The molecule has 0 unspecified atom stereocenters. The highest BCUT2D eigenvalue weighted by molar-refractivity contribution is 7.17. The Morgan fingerprint density at radius 1 is 1.33 bits per heavy atom. The highest BCUT2D eigenvalue weighted by Crippen LogP contribution is 1.90. The summed E-state index contributed by atoms with van der Waals surface area (Å²) < 4.78 is 10.1. The van der Waals surface area contributed by atoms with Crippen LogP contribution in [0.2, 0.25) is 19.6 Å². The smallest absolute Gasteiger partial charge is 0.240 e. The topological polar surface area (TPSA) is 17.1 Å². The maximum atomic E-state index is 10.1. The molecule has 0 aliphatic carbocycles. The van der Waals surface area contributed by atoms with Gasteiger partial charge in [-0.15, -0.1) is 0 Å². The summed E-state index contributed by atoms with van der Waals surface area (Å²) in [6.07, 6.45) is 0. The third-order valence-corrected chi connectivity index (χ3v) is 3.18. The second-order valence-electron chi connectivity index (χ2n) is 2.48. The normalized spacial score (nSPS) is 11.2. The molecule has 0 bridgehead atoms. The first-order valence-corrected chi connectivity index (χ1v) is 7.81. The molecular formula is C3H10OSi2. The first-order chi connectivity index (χ1) is 2.56. The van der Waals surface area contributed by atoms with Crippen molar-refractivity contribution in [2.75, 3.05) is 0 Å². The monoisotopic (exact) mass is 118 g/mol. The van der Waals surface area contributed by atoms with E-state index in [0.717, 1.165) is 0 Å². The van der Waals surface area contributed by atoms with Gasteiger partial charge in [0.1, 0.15) is 7.59 Å². The van der Waals surface area contributed by atoms with E-state index in [1.807, 2.05) is 0 Å². The molecule has 0 aromatic rings. The van der Waals surface area contributed by atoms with Crippen molar-refractivity contribution in [3.05, 3.63) is 0 Å². The minimum Gasteiger partial charge on any atom is -0.396 e. The molecule has 0 N–H and O–H groups in total. The molecule has 0 aromatic carbocycles. The summed E-state index contributed by atoms with van der Waals surface area (Å²) in [6, 6.07) is 0. The molecule has 3 heteroatoms. The van der Waals surface area contributed by atoms with Gasteiger partial charge in [0.25, 0.3) is 0 Å². The Balaban J connectivity index is 3.45. The minimum atomic E-state index is -1.10. The van der Waals surface area contributed by atoms with Gasteiger partial charge < -0.3 is 4.46 Å². The van der Waals surface area contributed by atoms with Crippen molar-refractivity contribution in [1.29, 1.82) is 0 Å². The lowest BCUT2D eigenvalue weighted by atomic mass is 11.8. The van der Waals surface area contributed by atoms with Crippen LogP contribution in [0.4, 0.5) is 0 Å². The Kier molecular flexibility index (Phi) is 1.86. The van der Waals surface area contributed by atoms with Crippen molar-refractivity contribution < 1.29 is 4.46 Å². The number of hydrogen-bond donors (Lipinski definition) is 0. The van der Waals surface area contributed by atoms with Crippen LogP contribution in [0.1, 0.15) is 0 Å². The van der Waals surface area contributed by atoms with Crippen molar-refractivity contribution in [2.24, 2.45) is 0 Å². The van der Waals surface area contributed by atoms with Gasteiger partial charge in [-0.2, -0.15) is 0 Å². The van der Waals surface area contributed by atoms with Gasteiger partial charge in [0.05, 0.1) is 0 Å². The Morgan fingerprint density at radius 2 is 1.50 bits per heavy atom. The van der Waals surface area contributed by atoms with Gasteiger partial charge in [-0.25, -0.2) is 0 Å². The quantitative estimate of drug-likeness (QED) is 0.461. The highest BCUT2D eigenvalue weighted by Gasteiger charge is 2.10. The fourth-order valence-corrected chi connectivity index (χ4v) is 0. The predicted octanol–water partition coefficient (Wildman–Crippen LogP) is 0.603. The molecule has 0 spiro atoms. The lowest BCUT2D eigenvalue weighted by molar-refractivity contribution is 0.584. The van der Waals surface area contributed by atoms with E-state index in [9.17, 15) is 4.46 Å². The summed E-state index contributed by atoms with van der Waals surface area (Å²) in [7, 11) is -1.55. The van der Waals surface area contributed by atoms with E-state index in [4.69, 9.17) is 0 Å². The molecule has 36 valence electrons. The highest BCUT2D eigenvalue weighted by atomic mass is 29.2. The van der Waals surface area contributed by atoms with Gasteiger partial charge in [0, 0.05) is 0 Å². The van der Waals surface area contributed by atoms with Crippen molar-refractivity contribution in [3.63, 3.8) is 0 Å². The molecule has 0 fully saturated rings. The van der Waals surface area contributed by atoms with E-state index < -0.39 is 16.5 Å². The van der Waals surface area contributed by atoms with Gasteiger partial charge in [-0.05, 0) is 0 Å². The Bertz CT molecular complexity index is 54.3. The second kappa shape index (κ2) is 1.79.